The van der Waals surface area contributed by atoms with Crippen LogP contribution in [-0.4, -0.2) is 6.54 Å². The van der Waals surface area contributed by atoms with Gasteiger partial charge in [0.1, 0.15) is 5.75 Å². The first-order valence-corrected chi connectivity index (χ1v) is 6.60. The molecule has 0 aromatic heterocycles. The summed E-state index contributed by atoms with van der Waals surface area (Å²) in [5.41, 5.74) is 0.819. The summed E-state index contributed by atoms with van der Waals surface area (Å²) in [6.45, 7) is 3.32. The van der Waals surface area contributed by atoms with Gasteiger partial charge in [-0.25, -0.2) is 4.39 Å². The van der Waals surface area contributed by atoms with Crippen LogP contribution in [0.3, 0.4) is 0 Å². The third kappa shape index (κ3) is 3.46. The molecule has 0 radical (unpaired) electrons. The summed E-state index contributed by atoms with van der Waals surface area (Å²) >= 11 is 5.92. The van der Waals surface area contributed by atoms with Crippen LogP contribution < -0.4 is 10.1 Å². The monoisotopic (exact) mass is 297 g/mol. The lowest BCUT2D eigenvalue weighted by Crippen LogP contribution is -2.12. The maximum Gasteiger partial charge on any atom is 0.201 e. The lowest BCUT2D eigenvalue weighted by atomic mass is 10.2. The van der Waals surface area contributed by atoms with Gasteiger partial charge in [0.25, 0.3) is 0 Å². The highest BCUT2D eigenvalue weighted by atomic mass is 35.5. The van der Waals surface area contributed by atoms with E-state index in [1.165, 1.54) is 12.1 Å². The standard InChI is InChI=1S/C15H14ClF2NO/c1-2-19-9-10-6-7-11(16)8-14(10)20-13-5-3-4-12(17)15(13)18/h3-8,19H,2,9H2,1H3. The van der Waals surface area contributed by atoms with Crippen LogP contribution in [0.1, 0.15) is 12.5 Å². The normalized spacial score (nSPS) is 10.6. The van der Waals surface area contributed by atoms with Gasteiger partial charge in [-0.1, -0.05) is 30.7 Å². The van der Waals surface area contributed by atoms with E-state index >= 15 is 0 Å². The van der Waals surface area contributed by atoms with Crippen LogP contribution in [-0.2, 0) is 6.54 Å². The van der Waals surface area contributed by atoms with Gasteiger partial charge in [0.15, 0.2) is 11.6 Å². The van der Waals surface area contributed by atoms with Crippen molar-refractivity contribution in [1.29, 1.82) is 0 Å². The van der Waals surface area contributed by atoms with Gasteiger partial charge in [0, 0.05) is 17.1 Å². The number of hydrogen-bond acceptors (Lipinski definition) is 2. The van der Waals surface area contributed by atoms with E-state index in [0.29, 0.717) is 17.3 Å². The van der Waals surface area contributed by atoms with E-state index in [2.05, 4.69) is 5.32 Å². The van der Waals surface area contributed by atoms with E-state index in [1.807, 2.05) is 6.92 Å². The fourth-order valence-electron chi connectivity index (χ4n) is 1.71. The van der Waals surface area contributed by atoms with Gasteiger partial charge in [0.05, 0.1) is 0 Å². The highest BCUT2D eigenvalue weighted by Gasteiger charge is 2.12. The fraction of sp³-hybridized carbons (Fsp3) is 0.200. The molecule has 0 saturated heterocycles. The third-order valence-corrected chi connectivity index (χ3v) is 2.97. The van der Waals surface area contributed by atoms with E-state index in [-0.39, 0.29) is 5.75 Å². The lowest BCUT2D eigenvalue weighted by molar-refractivity contribution is 0.412. The van der Waals surface area contributed by atoms with Crippen molar-refractivity contribution in [2.45, 2.75) is 13.5 Å². The molecule has 2 rings (SSSR count). The Labute approximate surface area is 121 Å². The van der Waals surface area contributed by atoms with E-state index in [4.69, 9.17) is 16.3 Å². The van der Waals surface area contributed by atoms with Crippen LogP contribution in [0.25, 0.3) is 0 Å². The molecule has 106 valence electrons. The van der Waals surface area contributed by atoms with Crippen LogP contribution >= 0.6 is 11.6 Å². The molecule has 0 atom stereocenters. The van der Waals surface area contributed by atoms with Crippen molar-refractivity contribution in [2.75, 3.05) is 6.54 Å². The van der Waals surface area contributed by atoms with Crippen LogP contribution in [0.5, 0.6) is 11.5 Å². The Balaban J connectivity index is 2.31. The minimum atomic E-state index is -1.01. The largest absolute Gasteiger partial charge is 0.454 e. The summed E-state index contributed by atoms with van der Waals surface area (Å²) in [5.74, 6) is -1.72. The second-order valence-corrected chi connectivity index (χ2v) is 4.62. The first-order valence-electron chi connectivity index (χ1n) is 6.23. The van der Waals surface area contributed by atoms with Crippen molar-refractivity contribution < 1.29 is 13.5 Å². The second kappa shape index (κ2) is 6.68. The van der Waals surface area contributed by atoms with Crippen LogP contribution in [0.15, 0.2) is 36.4 Å². The van der Waals surface area contributed by atoms with Gasteiger partial charge in [-0.2, -0.15) is 4.39 Å². The Morgan fingerprint density at radius 3 is 2.70 bits per heavy atom. The van der Waals surface area contributed by atoms with E-state index in [9.17, 15) is 8.78 Å². The molecular formula is C15H14ClF2NO. The first-order chi connectivity index (χ1) is 9.61. The molecule has 0 unspecified atom stereocenters. The zero-order valence-electron chi connectivity index (χ0n) is 10.9. The van der Waals surface area contributed by atoms with Crippen molar-refractivity contribution in [2.24, 2.45) is 0 Å². The zero-order valence-corrected chi connectivity index (χ0v) is 11.7. The molecule has 1 N–H and O–H groups in total. The zero-order chi connectivity index (χ0) is 14.5. The molecule has 0 amide bonds. The molecule has 5 heteroatoms. The van der Waals surface area contributed by atoms with Gasteiger partial charge >= 0.3 is 0 Å². The molecule has 0 aliphatic carbocycles. The van der Waals surface area contributed by atoms with Crippen molar-refractivity contribution in [3.63, 3.8) is 0 Å². The summed E-state index contributed by atoms with van der Waals surface area (Å²) in [6, 6.07) is 8.90. The number of ether oxygens (including phenoxy) is 1. The van der Waals surface area contributed by atoms with Crippen molar-refractivity contribution >= 4 is 11.6 Å². The Morgan fingerprint density at radius 2 is 1.95 bits per heavy atom. The minimum absolute atomic E-state index is 0.162. The third-order valence-electron chi connectivity index (χ3n) is 2.73. The predicted octanol–water partition coefficient (Wildman–Crippen LogP) is 4.52. The number of halogens is 3. The molecule has 0 aliphatic rings. The molecule has 0 spiro atoms. The van der Waals surface area contributed by atoms with Crippen molar-refractivity contribution in [3.8, 4) is 11.5 Å². The van der Waals surface area contributed by atoms with Crippen molar-refractivity contribution in [3.05, 3.63) is 58.6 Å². The molecule has 0 fully saturated rings. The fourth-order valence-corrected chi connectivity index (χ4v) is 1.87. The second-order valence-electron chi connectivity index (χ2n) is 4.19. The van der Waals surface area contributed by atoms with Crippen LogP contribution in [0.2, 0.25) is 5.02 Å². The van der Waals surface area contributed by atoms with Gasteiger partial charge in [-0.05, 0) is 30.8 Å². The summed E-state index contributed by atoms with van der Waals surface area (Å²) in [4.78, 5) is 0. The summed E-state index contributed by atoms with van der Waals surface area (Å²) in [7, 11) is 0. The molecule has 0 heterocycles. The number of nitrogens with one attached hydrogen (secondary N) is 1. The lowest BCUT2D eigenvalue weighted by Gasteiger charge is -2.12. The Morgan fingerprint density at radius 1 is 1.15 bits per heavy atom. The molecule has 0 aliphatic heterocycles. The van der Waals surface area contributed by atoms with Crippen LogP contribution in [0.4, 0.5) is 8.78 Å². The number of benzene rings is 2. The molecule has 20 heavy (non-hydrogen) atoms. The van der Waals surface area contributed by atoms with Gasteiger partial charge in [0.2, 0.25) is 5.82 Å². The smallest absolute Gasteiger partial charge is 0.201 e. The molecule has 2 aromatic rings. The first kappa shape index (κ1) is 14.8. The number of hydrogen-bond donors (Lipinski definition) is 1. The highest BCUT2D eigenvalue weighted by molar-refractivity contribution is 6.30. The summed E-state index contributed by atoms with van der Waals surface area (Å²) < 4.78 is 32.3. The molecule has 2 aromatic carbocycles. The maximum absolute atomic E-state index is 13.6. The average molecular weight is 298 g/mol. The highest BCUT2D eigenvalue weighted by Crippen LogP contribution is 2.30. The van der Waals surface area contributed by atoms with Crippen LogP contribution in [0, 0.1) is 11.6 Å². The Bertz CT molecular complexity index is 604. The average Bonchev–Trinajstić information content (AvgIpc) is 2.43. The Kier molecular flexibility index (Phi) is 4.93. The van der Waals surface area contributed by atoms with E-state index < -0.39 is 11.6 Å². The summed E-state index contributed by atoms with van der Waals surface area (Å²) in [6.07, 6.45) is 0. The molecule has 0 bridgehead atoms. The van der Waals surface area contributed by atoms with E-state index in [1.54, 1.807) is 18.2 Å². The predicted molar refractivity (Wildman–Crippen MR) is 75.3 cm³/mol. The maximum atomic E-state index is 13.6. The van der Waals surface area contributed by atoms with Gasteiger partial charge in [-0.3, -0.25) is 0 Å². The summed E-state index contributed by atoms with van der Waals surface area (Å²) in [5, 5.41) is 3.61. The Hall–Kier alpha value is -1.65. The molecule has 0 saturated carbocycles. The topological polar surface area (TPSA) is 21.3 Å². The minimum Gasteiger partial charge on any atom is -0.454 e. The van der Waals surface area contributed by atoms with E-state index in [0.717, 1.165) is 18.2 Å². The SMILES string of the molecule is CCNCc1ccc(Cl)cc1Oc1cccc(F)c1F. The van der Waals surface area contributed by atoms with Gasteiger partial charge < -0.3 is 10.1 Å². The quantitative estimate of drug-likeness (QED) is 0.876. The van der Waals surface area contributed by atoms with Gasteiger partial charge in [-0.15, -0.1) is 0 Å². The molecular weight excluding hydrogens is 284 g/mol. The van der Waals surface area contributed by atoms with Crippen molar-refractivity contribution in [1.82, 2.24) is 5.32 Å². The number of rotatable bonds is 5. The molecule has 2 nitrogen and oxygen atoms in total.